The van der Waals surface area contributed by atoms with E-state index < -0.39 is 6.08 Å². The Morgan fingerprint density at radius 3 is 2.86 bits per heavy atom. The third kappa shape index (κ3) is 0.887. The van der Waals surface area contributed by atoms with E-state index in [1.165, 1.54) is 0 Å². The van der Waals surface area contributed by atoms with E-state index in [-0.39, 0.29) is 0 Å². The van der Waals surface area contributed by atoms with Gasteiger partial charge in [0.05, 0.1) is 6.20 Å². The van der Waals surface area contributed by atoms with Gasteiger partial charge in [-0.1, -0.05) is 5.10 Å². The number of hydrogen-bond acceptors (Lipinski definition) is 3. The standard InChI is InChI=1S/C3HFN3/c4-3-5-1-2-6-7-3/h1H. The summed E-state index contributed by atoms with van der Waals surface area (Å²) >= 11 is 0. The van der Waals surface area contributed by atoms with Crippen LogP contribution in [0.25, 0.3) is 0 Å². The number of nitrogens with zero attached hydrogens (tertiary/aromatic N) is 3. The van der Waals surface area contributed by atoms with Gasteiger partial charge >= 0.3 is 6.08 Å². The molecule has 0 aliphatic rings. The molecule has 0 spiro atoms. The van der Waals surface area contributed by atoms with Crippen molar-refractivity contribution in [2.24, 2.45) is 0 Å². The van der Waals surface area contributed by atoms with E-state index in [2.05, 4.69) is 21.4 Å². The van der Waals surface area contributed by atoms with Gasteiger partial charge in [0.25, 0.3) is 0 Å². The van der Waals surface area contributed by atoms with Crippen molar-refractivity contribution in [2.45, 2.75) is 0 Å². The van der Waals surface area contributed by atoms with E-state index >= 15 is 0 Å². The molecule has 35 valence electrons. The summed E-state index contributed by atoms with van der Waals surface area (Å²) < 4.78 is 11.6. The van der Waals surface area contributed by atoms with Crippen LogP contribution in [0, 0.1) is 12.3 Å². The van der Waals surface area contributed by atoms with Crippen LogP contribution in [0.5, 0.6) is 0 Å². The molecule has 3 nitrogen and oxygen atoms in total. The molecule has 0 atom stereocenters. The minimum absolute atomic E-state index is 0.821. The summed E-state index contributed by atoms with van der Waals surface area (Å²) in [6.07, 6.45) is 2.51. The van der Waals surface area contributed by atoms with Crippen LogP contribution in [0.1, 0.15) is 0 Å². The van der Waals surface area contributed by atoms with Crippen LogP contribution in [0.4, 0.5) is 4.39 Å². The van der Waals surface area contributed by atoms with Crippen molar-refractivity contribution in [1.29, 1.82) is 0 Å². The van der Waals surface area contributed by atoms with Crippen LogP contribution in [0.3, 0.4) is 0 Å². The van der Waals surface area contributed by atoms with Gasteiger partial charge in [-0.2, -0.15) is 4.39 Å². The first-order valence-corrected chi connectivity index (χ1v) is 1.61. The van der Waals surface area contributed by atoms with Crippen LogP contribution in [-0.2, 0) is 0 Å². The Kier molecular flexibility index (Phi) is 0.934. The zero-order chi connectivity index (χ0) is 5.11. The Labute approximate surface area is 39.2 Å². The Morgan fingerprint density at radius 2 is 2.57 bits per heavy atom. The quantitative estimate of drug-likeness (QED) is 0.451. The van der Waals surface area contributed by atoms with E-state index in [9.17, 15) is 4.39 Å². The highest BCUT2D eigenvalue weighted by Gasteiger charge is 1.82. The summed E-state index contributed by atoms with van der Waals surface area (Å²) in [5, 5.41) is 5.97. The number of aromatic nitrogens is 3. The smallest absolute Gasteiger partial charge is 0.207 e. The molecule has 1 radical (unpaired) electrons. The Balaban J connectivity index is 3.02. The molecule has 1 aromatic rings. The molecular formula is C3HFN3. The first-order valence-electron chi connectivity index (χ1n) is 1.61. The third-order valence-corrected chi connectivity index (χ3v) is 0.419. The predicted molar refractivity (Wildman–Crippen MR) is 18.6 cm³/mol. The van der Waals surface area contributed by atoms with E-state index in [0.29, 0.717) is 0 Å². The van der Waals surface area contributed by atoms with Gasteiger partial charge in [0.15, 0.2) is 0 Å². The summed E-state index contributed by atoms with van der Waals surface area (Å²) in [6.45, 7) is 0. The number of hydrogen-bond donors (Lipinski definition) is 0. The molecule has 0 aliphatic heterocycles. The molecule has 0 amide bonds. The predicted octanol–water partition coefficient (Wildman–Crippen LogP) is -0.189. The molecule has 0 fully saturated rings. The second kappa shape index (κ2) is 1.59. The van der Waals surface area contributed by atoms with Gasteiger partial charge in [-0.25, -0.2) is 4.98 Å². The second-order valence-corrected chi connectivity index (χ2v) is 0.856. The summed E-state index contributed by atoms with van der Waals surface area (Å²) in [6, 6.07) is 0. The summed E-state index contributed by atoms with van der Waals surface area (Å²) in [4.78, 5) is 3.08. The van der Waals surface area contributed by atoms with Crippen LogP contribution in [0.15, 0.2) is 6.20 Å². The van der Waals surface area contributed by atoms with E-state index in [1.807, 2.05) is 0 Å². The maximum Gasteiger partial charge on any atom is 0.327 e. The SMILES string of the molecule is Fc1nc[c]nn1. The van der Waals surface area contributed by atoms with Crippen molar-refractivity contribution in [3.8, 4) is 0 Å². The molecule has 0 N–H and O–H groups in total. The summed E-state index contributed by atoms with van der Waals surface area (Å²) in [5.41, 5.74) is 0. The molecule has 0 unspecified atom stereocenters. The third-order valence-electron chi connectivity index (χ3n) is 0.419. The van der Waals surface area contributed by atoms with E-state index in [1.54, 1.807) is 0 Å². The maximum atomic E-state index is 11.6. The minimum atomic E-state index is -0.821. The number of halogens is 1. The molecule has 0 bridgehead atoms. The van der Waals surface area contributed by atoms with Gasteiger partial charge in [-0.05, 0) is 0 Å². The molecular weight excluding hydrogens is 97.1 g/mol. The number of rotatable bonds is 0. The fourth-order valence-electron chi connectivity index (χ4n) is 0.204. The molecule has 1 rings (SSSR count). The molecule has 1 heterocycles. The molecule has 1 aromatic heterocycles. The average Bonchev–Trinajstić information content (AvgIpc) is 1.69. The molecule has 7 heavy (non-hydrogen) atoms. The lowest BCUT2D eigenvalue weighted by Gasteiger charge is -1.75. The topological polar surface area (TPSA) is 38.7 Å². The Bertz CT molecular complexity index is 140. The van der Waals surface area contributed by atoms with Gasteiger partial charge in [-0.15, -0.1) is 5.10 Å². The highest BCUT2D eigenvalue weighted by molar-refractivity contribution is 4.59. The zero-order valence-corrected chi connectivity index (χ0v) is 3.30. The van der Waals surface area contributed by atoms with Gasteiger partial charge in [0, 0.05) is 0 Å². The molecule has 0 saturated carbocycles. The van der Waals surface area contributed by atoms with Crippen molar-refractivity contribution in [3.63, 3.8) is 0 Å². The summed E-state index contributed by atoms with van der Waals surface area (Å²) in [7, 11) is 0. The van der Waals surface area contributed by atoms with Crippen molar-refractivity contribution in [2.75, 3.05) is 0 Å². The zero-order valence-electron chi connectivity index (χ0n) is 3.30. The lowest BCUT2D eigenvalue weighted by Crippen LogP contribution is -1.87. The average molecular weight is 98.1 g/mol. The molecule has 4 heteroatoms. The van der Waals surface area contributed by atoms with Crippen molar-refractivity contribution in [3.05, 3.63) is 18.5 Å². The first-order chi connectivity index (χ1) is 3.39. The lowest BCUT2D eigenvalue weighted by molar-refractivity contribution is 0.517. The van der Waals surface area contributed by atoms with Crippen molar-refractivity contribution in [1.82, 2.24) is 15.2 Å². The maximum absolute atomic E-state index is 11.6. The van der Waals surface area contributed by atoms with E-state index in [4.69, 9.17) is 0 Å². The monoisotopic (exact) mass is 98.0 g/mol. The minimum Gasteiger partial charge on any atom is -0.207 e. The van der Waals surface area contributed by atoms with Gasteiger partial charge in [-0.3, -0.25) is 0 Å². The molecule has 0 saturated heterocycles. The second-order valence-electron chi connectivity index (χ2n) is 0.856. The van der Waals surface area contributed by atoms with E-state index in [0.717, 1.165) is 6.20 Å². The lowest BCUT2D eigenvalue weighted by atomic mass is 10.9. The molecule has 0 aromatic carbocycles. The Morgan fingerprint density at radius 1 is 1.71 bits per heavy atom. The molecule has 0 aliphatic carbocycles. The fourth-order valence-corrected chi connectivity index (χ4v) is 0.204. The van der Waals surface area contributed by atoms with Crippen LogP contribution < -0.4 is 0 Å². The van der Waals surface area contributed by atoms with Gasteiger partial charge in [0.1, 0.15) is 6.20 Å². The normalized spacial score (nSPS) is 8.71. The Hall–Kier alpha value is -1.06. The van der Waals surface area contributed by atoms with Crippen LogP contribution in [0.2, 0.25) is 0 Å². The highest BCUT2D eigenvalue weighted by Crippen LogP contribution is 1.74. The first kappa shape index (κ1) is 4.11. The van der Waals surface area contributed by atoms with Gasteiger partial charge < -0.3 is 0 Å². The largest absolute Gasteiger partial charge is 0.327 e. The highest BCUT2D eigenvalue weighted by atomic mass is 19.1. The fraction of sp³-hybridized carbons (Fsp3) is 0. The summed E-state index contributed by atoms with van der Waals surface area (Å²) in [5.74, 6) is 0. The van der Waals surface area contributed by atoms with Crippen LogP contribution >= 0.6 is 0 Å². The van der Waals surface area contributed by atoms with Crippen molar-refractivity contribution < 1.29 is 4.39 Å². The van der Waals surface area contributed by atoms with Gasteiger partial charge in [0.2, 0.25) is 0 Å². The van der Waals surface area contributed by atoms with Crippen LogP contribution in [-0.4, -0.2) is 15.2 Å². The van der Waals surface area contributed by atoms with Crippen molar-refractivity contribution >= 4 is 0 Å².